The van der Waals surface area contributed by atoms with Crippen molar-refractivity contribution in [3.05, 3.63) is 21.4 Å². The molecule has 1 aliphatic rings. The van der Waals surface area contributed by atoms with Gasteiger partial charge in [-0.3, -0.25) is 0 Å². The fourth-order valence-electron chi connectivity index (χ4n) is 2.94. The fourth-order valence-corrected chi connectivity index (χ4v) is 4.31. The van der Waals surface area contributed by atoms with Crippen LogP contribution in [0.5, 0.6) is 0 Å². The van der Waals surface area contributed by atoms with Gasteiger partial charge in [-0.15, -0.1) is 11.3 Å². The molecule has 21 heavy (non-hydrogen) atoms. The van der Waals surface area contributed by atoms with Crippen LogP contribution >= 0.6 is 11.3 Å². The SMILES string of the molecule is CCCNC(CCC(C)(C)OC)c1cc2c(s1)CCCC2. The molecular formula is C18H31NOS. The molecular weight excluding hydrogens is 278 g/mol. The van der Waals surface area contributed by atoms with Crippen LogP contribution in [0.25, 0.3) is 0 Å². The minimum atomic E-state index is -0.0248. The first-order valence-electron chi connectivity index (χ1n) is 8.45. The third kappa shape index (κ3) is 4.80. The summed E-state index contributed by atoms with van der Waals surface area (Å²) in [5.41, 5.74) is 1.60. The van der Waals surface area contributed by atoms with Gasteiger partial charge >= 0.3 is 0 Å². The van der Waals surface area contributed by atoms with Gasteiger partial charge in [0.25, 0.3) is 0 Å². The number of rotatable bonds is 8. The normalized spacial score (nSPS) is 16.8. The number of methoxy groups -OCH3 is 1. The van der Waals surface area contributed by atoms with Crippen LogP contribution < -0.4 is 5.32 Å². The van der Waals surface area contributed by atoms with E-state index in [0.29, 0.717) is 6.04 Å². The number of thiophene rings is 1. The Morgan fingerprint density at radius 3 is 2.76 bits per heavy atom. The molecule has 0 fully saturated rings. The Hall–Kier alpha value is -0.380. The van der Waals surface area contributed by atoms with Crippen LogP contribution in [0.3, 0.4) is 0 Å². The van der Waals surface area contributed by atoms with Crippen molar-refractivity contribution in [3.8, 4) is 0 Å². The van der Waals surface area contributed by atoms with Gasteiger partial charge in [-0.05, 0) is 77.0 Å². The third-order valence-electron chi connectivity index (χ3n) is 4.59. The first-order valence-corrected chi connectivity index (χ1v) is 9.27. The summed E-state index contributed by atoms with van der Waals surface area (Å²) < 4.78 is 5.59. The summed E-state index contributed by atoms with van der Waals surface area (Å²) in [7, 11) is 1.82. The summed E-state index contributed by atoms with van der Waals surface area (Å²) in [6.45, 7) is 7.70. The third-order valence-corrected chi connectivity index (χ3v) is 5.94. The standard InChI is InChI=1S/C18H31NOS/c1-5-12-19-15(10-11-18(2,3)20-4)17-13-14-8-6-7-9-16(14)21-17/h13,15,19H,5-12H2,1-4H3. The smallest absolute Gasteiger partial charge is 0.0623 e. The van der Waals surface area contributed by atoms with Crippen LogP contribution in [-0.4, -0.2) is 19.3 Å². The summed E-state index contributed by atoms with van der Waals surface area (Å²) in [5.74, 6) is 0. The van der Waals surface area contributed by atoms with Crippen LogP contribution in [0, 0.1) is 0 Å². The largest absolute Gasteiger partial charge is 0.379 e. The van der Waals surface area contributed by atoms with Crippen molar-refractivity contribution in [1.29, 1.82) is 0 Å². The quantitative estimate of drug-likeness (QED) is 0.739. The number of ether oxygens (including phenoxy) is 1. The summed E-state index contributed by atoms with van der Waals surface area (Å²) >= 11 is 2.05. The maximum absolute atomic E-state index is 5.59. The first-order chi connectivity index (χ1) is 10.1. The van der Waals surface area contributed by atoms with Crippen molar-refractivity contribution >= 4 is 11.3 Å². The molecule has 0 aliphatic heterocycles. The molecule has 0 aromatic carbocycles. The number of hydrogen-bond donors (Lipinski definition) is 1. The number of fused-ring (bicyclic) bond motifs is 1. The summed E-state index contributed by atoms with van der Waals surface area (Å²) in [6.07, 6.45) is 8.76. The average Bonchev–Trinajstić information content (AvgIpc) is 2.91. The zero-order valence-electron chi connectivity index (χ0n) is 14.1. The molecule has 0 radical (unpaired) electrons. The topological polar surface area (TPSA) is 21.3 Å². The lowest BCUT2D eigenvalue weighted by atomic mass is 9.96. The van der Waals surface area contributed by atoms with E-state index in [2.05, 4.69) is 32.2 Å². The van der Waals surface area contributed by atoms with E-state index in [0.717, 1.165) is 19.4 Å². The first kappa shape index (κ1) is 17.0. The van der Waals surface area contributed by atoms with Gasteiger partial charge in [0.1, 0.15) is 0 Å². The maximum atomic E-state index is 5.59. The molecule has 2 rings (SSSR count). The van der Waals surface area contributed by atoms with E-state index in [1.807, 2.05) is 18.4 Å². The van der Waals surface area contributed by atoms with Gasteiger partial charge in [-0.1, -0.05) is 6.92 Å². The highest BCUT2D eigenvalue weighted by Gasteiger charge is 2.23. The second-order valence-electron chi connectivity index (χ2n) is 6.81. The van der Waals surface area contributed by atoms with Gasteiger partial charge in [0.2, 0.25) is 0 Å². The molecule has 0 bridgehead atoms. The predicted octanol–water partition coefficient (Wildman–Crippen LogP) is 4.87. The van der Waals surface area contributed by atoms with Crippen molar-refractivity contribution in [2.75, 3.05) is 13.7 Å². The monoisotopic (exact) mass is 309 g/mol. The van der Waals surface area contributed by atoms with Crippen LogP contribution in [0.4, 0.5) is 0 Å². The Kier molecular flexibility index (Phi) is 6.27. The van der Waals surface area contributed by atoms with E-state index < -0.39 is 0 Å². The van der Waals surface area contributed by atoms with Gasteiger partial charge in [-0.2, -0.15) is 0 Å². The molecule has 1 aliphatic carbocycles. The van der Waals surface area contributed by atoms with Gasteiger partial charge in [-0.25, -0.2) is 0 Å². The van der Waals surface area contributed by atoms with Crippen molar-refractivity contribution in [2.24, 2.45) is 0 Å². The van der Waals surface area contributed by atoms with Gasteiger partial charge in [0.05, 0.1) is 5.60 Å². The van der Waals surface area contributed by atoms with Crippen molar-refractivity contribution < 1.29 is 4.74 Å². The van der Waals surface area contributed by atoms with E-state index in [4.69, 9.17) is 4.74 Å². The Labute approximate surface area is 134 Å². The van der Waals surface area contributed by atoms with E-state index in [1.165, 1.54) is 32.1 Å². The summed E-state index contributed by atoms with van der Waals surface area (Å²) in [6, 6.07) is 2.97. The number of aryl methyl sites for hydroxylation is 2. The highest BCUT2D eigenvalue weighted by molar-refractivity contribution is 7.12. The molecule has 1 atom stereocenters. The second-order valence-corrected chi connectivity index (χ2v) is 7.98. The van der Waals surface area contributed by atoms with Crippen molar-refractivity contribution in [3.63, 3.8) is 0 Å². The van der Waals surface area contributed by atoms with Crippen molar-refractivity contribution in [2.45, 2.75) is 77.4 Å². The highest BCUT2D eigenvalue weighted by Crippen LogP contribution is 2.35. The number of nitrogens with one attached hydrogen (secondary N) is 1. The van der Waals surface area contributed by atoms with Crippen LogP contribution in [0.15, 0.2) is 6.07 Å². The van der Waals surface area contributed by atoms with Crippen LogP contribution in [0.1, 0.15) is 74.2 Å². The lowest BCUT2D eigenvalue weighted by molar-refractivity contribution is 0.0117. The fraction of sp³-hybridized carbons (Fsp3) is 0.778. The number of hydrogen-bond acceptors (Lipinski definition) is 3. The van der Waals surface area contributed by atoms with Gasteiger partial charge in [0, 0.05) is 22.9 Å². The van der Waals surface area contributed by atoms with E-state index in [-0.39, 0.29) is 5.60 Å². The van der Waals surface area contributed by atoms with Crippen LogP contribution in [0.2, 0.25) is 0 Å². The molecule has 1 aromatic heterocycles. The maximum Gasteiger partial charge on any atom is 0.0623 e. The van der Waals surface area contributed by atoms with Gasteiger partial charge < -0.3 is 10.1 Å². The Balaban J connectivity index is 2.06. The lowest BCUT2D eigenvalue weighted by Gasteiger charge is -2.26. The highest BCUT2D eigenvalue weighted by atomic mass is 32.1. The average molecular weight is 310 g/mol. The molecule has 120 valence electrons. The Bertz CT molecular complexity index is 415. The van der Waals surface area contributed by atoms with E-state index >= 15 is 0 Å². The zero-order chi connectivity index (χ0) is 15.3. The van der Waals surface area contributed by atoms with E-state index in [9.17, 15) is 0 Å². The molecule has 0 amide bonds. The molecule has 1 heterocycles. The van der Waals surface area contributed by atoms with Crippen molar-refractivity contribution in [1.82, 2.24) is 5.32 Å². The summed E-state index contributed by atoms with van der Waals surface area (Å²) in [4.78, 5) is 3.19. The molecule has 1 unspecified atom stereocenters. The van der Waals surface area contributed by atoms with Gasteiger partial charge in [0.15, 0.2) is 0 Å². The molecule has 0 spiro atoms. The second kappa shape index (κ2) is 7.75. The minimum Gasteiger partial charge on any atom is -0.379 e. The molecule has 3 heteroatoms. The lowest BCUT2D eigenvalue weighted by Crippen LogP contribution is -2.27. The minimum absolute atomic E-state index is 0.0248. The molecule has 2 nitrogen and oxygen atoms in total. The predicted molar refractivity (Wildman–Crippen MR) is 92.3 cm³/mol. The molecule has 0 saturated carbocycles. The molecule has 1 N–H and O–H groups in total. The molecule has 1 aromatic rings. The Morgan fingerprint density at radius 2 is 2.10 bits per heavy atom. The van der Waals surface area contributed by atoms with E-state index in [1.54, 1.807) is 15.3 Å². The summed E-state index contributed by atoms with van der Waals surface area (Å²) in [5, 5.41) is 3.75. The zero-order valence-corrected chi connectivity index (χ0v) is 14.9. The molecule has 0 saturated heterocycles. The van der Waals surface area contributed by atoms with Crippen LogP contribution in [-0.2, 0) is 17.6 Å². The Morgan fingerprint density at radius 1 is 1.33 bits per heavy atom.